The van der Waals surface area contributed by atoms with E-state index in [2.05, 4.69) is 4.98 Å². The van der Waals surface area contributed by atoms with Gasteiger partial charge in [-0.25, -0.2) is 4.79 Å². The van der Waals surface area contributed by atoms with Crippen molar-refractivity contribution in [3.05, 3.63) is 36.0 Å². The third kappa shape index (κ3) is 1.69. The number of fused-ring (bicyclic) bond motifs is 1. The molecule has 1 heterocycles. The quantitative estimate of drug-likeness (QED) is 0.834. The van der Waals surface area contributed by atoms with Crippen molar-refractivity contribution in [1.29, 1.82) is 0 Å². The van der Waals surface area contributed by atoms with Crippen LogP contribution in [-0.4, -0.2) is 30.2 Å². The fourth-order valence-electron chi connectivity index (χ4n) is 1.60. The molecule has 2 aromatic rings. The number of pyridine rings is 1. The Kier molecular flexibility index (Phi) is 2.48. The van der Waals surface area contributed by atoms with Crippen LogP contribution in [0.2, 0.25) is 0 Å². The van der Waals surface area contributed by atoms with Crippen LogP contribution in [-0.2, 0) is 0 Å². The van der Waals surface area contributed by atoms with Crippen LogP contribution in [0.25, 0.3) is 10.9 Å². The molecule has 0 aliphatic heterocycles. The average Bonchev–Trinajstić information content (AvgIpc) is 2.27. The van der Waals surface area contributed by atoms with Gasteiger partial charge in [-0.05, 0) is 24.3 Å². The largest absolute Gasteiger partial charge is 0.478 e. The highest BCUT2D eigenvalue weighted by molar-refractivity contribution is 6.03. The first-order valence-electron chi connectivity index (χ1n) is 4.89. The first-order chi connectivity index (χ1) is 7.59. The molecule has 0 fully saturated rings. The number of carbonyl (C=O) groups is 1. The smallest absolute Gasteiger partial charge is 0.336 e. The maximum atomic E-state index is 11.1. The highest BCUT2D eigenvalue weighted by Crippen LogP contribution is 2.22. The number of rotatable bonds is 2. The molecule has 1 aromatic heterocycles. The minimum Gasteiger partial charge on any atom is -0.478 e. The Balaban J connectivity index is 2.73. The number of aromatic nitrogens is 1. The zero-order valence-corrected chi connectivity index (χ0v) is 9.14. The number of hydrogen-bond acceptors (Lipinski definition) is 3. The second kappa shape index (κ2) is 3.81. The Labute approximate surface area is 93.1 Å². The molecular weight excluding hydrogens is 204 g/mol. The lowest BCUT2D eigenvalue weighted by Crippen LogP contribution is -2.08. The Hall–Kier alpha value is -2.10. The van der Waals surface area contributed by atoms with Gasteiger partial charge in [0.1, 0.15) is 0 Å². The maximum absolute atomic E-state index is 11.1. The van der Waals surface area contributed by atoms with Crippen LogP contribution in [0.4, 0.5) is 5.69 Å². The predicted octanol–water partition coefficient (Wildman–Crippen LogP) is 2.00. The number of anilines is 1. The van der Waals surface area contributed by atoms with Crippen LogP contribution >= 0.6 is 0 Å². The Bertz CT molecular complexity index is 550. The van der Waals surface area contributed by atoms with Crippen LogP contribution < -0.4 is 4.90 Å². The van der Waals surface area contributed by atoms with Gasteiger partial charge in [0.25, 0.3) is 0 Å². The van der Waals surface area contributed by atoms with Gasteiger partial charge in [-0.3, -0.25) is 4.98 Å². The molecule has 0 atom stereocenters. The van der Waals surface area contributed by atoms with E-state index in [0.717, 1.165) is 5.69 Å². The standard InChI is InChI=1S/C12H12N2O2/c1-14(2)8-3-4-11-10(7-8)9(12(15)16)5-6-13-11/h3-7H,1-2H3,(H,15,16). The number of hydrogen-bond donors (Lipinski definition) is 1. The molecule has 0 radical (unpaired) electrons. The van der Waals surface area contributed by atoms with Crippen molar-refractivity contribution in [3.63, 3.8) is 0 Å². The monoisotopic (exact) mass is 216 g/mol. The third-order valence-corrected chi connectivity index (χ3v) is 2.47. The van der Waals surface area contributed by atoms with Gasteiger partial charge in [0.05, 0.1) is 11.1 Å². The fraction of sp³-hybridized carbons (Fsp3) is 0.167. The summed E-state index contributed by atoms with van der Waals surface area (Å²) in [5, 5.41) is 9.74. The molecule has 1 N–H and O–H groups in total. The molecular formula is C12H12N2O2. The number of aromatic carboxylic acids is 1. The van der Waals surface area contributed by atoms with Crippen molar-refractivity contribution < 1.29 is 9.90 Å². The first-order valence-corrected chi connectivity index (χ1v) is 4.89. The molecule has 4 nitrogen and oxygen atoms in total. The molecule has 0 saturated carbocycles. The lowest BCUT2D eigenvalue weighted by atomic mass is 10.1. The molecule has 0 aliphatic rings. The van der Waals surface area contributed by atoms with E-state index in [1.807, 2.05) is 37.2 Å². The molecule has 0 unspecified atom stereocenters. The summed E-state index contributed by atoms with van der Waals surface area (Å²) >= 11 is 0. The second-order valence-corrected chi connectivity index (χ2v) is 3.76. The van der Waals surface area contributed by atoms with Gasteiger partial charge >= 0.3 is 5.97 Å². The fourth-order valence-corrected chi connectivity index (χ4v) is 1.60. The molecule has 0 bridgehead atoms. The van der Waals surface area contributed by atoms with Crippen molar-refractivity contribution in [3.8, 4) is 0 Å². The van der Waals surface area contributed by atoms with Crippen LogP contribution in [0.1, 0.15) is 10.4 Å². The van der Waals surface area contributed by atoms with Gasteiger partial charge in [0.2, 0.25) is 0 Å². The van der Waals surface area contributed by atoms with Crippen LogP contribution in [0.3, 0.4) is 0 Å². The number of benzene rings is 1. The summed E-state index contributed by atoms with van der Waals surface area (Å²) < 4.78 is 0. The predicted molar refractivity (Wildman–Crippen MR) is 63.0 cm³/mol. The van der Waals surface area contributed by atoms with Crippen molar-refractivity contribution in [1.82, 2.24) is 4.98 Å². The molecule has 0 amide bonds. The third-order valence-electron chi connectivity index (χ3n) is 2.47. The lowest BCUT2D eigenvalue weighted by Gasteiger charge is -2.13. The second-order valence-electron chi connectivity index (χ2n) is 3.76. The van der Waals surface area contributed by atoms with Crippen LogP contribution in [0.5, 0.6) is 0 Å². The minimum absolute atomic E-state index is 0.286. The summed E-state index contributed by atoms with van der Waals surface area (Å²) in [5.74, 6) is -0.927. The zero-order valence-electron chi connectivity index (χ0n) is 9.14. The van der Waals surface area contributed by atoms with E-state index in [9.17, 15) is 4.79 Å². The molecule has 0 spiro atoms. The van der Waals surface area contributed by atoms with Crippen molar-refractivity contribution in [2.75, 3.05) is 19.0 Å². The highest BCUT2D eigenvalue weighted by Gasteiger charge is 2.09. The van der Waals surface area contributed by atoms with Gasteiger partial charge < -0.3 is 10.0 Å². The average molecular weight is 216 g/mol. The van der Waals surface area contributed by atoms with E-state index in [-0.39, 0.29) is 5.56 Å². The Morgan fingerprint density at radius 1 is 1.31 bits per heavy atom. The summed E-state index contributed by atoms with van der Waals surface area (Å²) in [6, 6.07) is 7.11. The Morgan fingerprint density at radius 2 is 2.06 bits per heavy atom. The summed E-state index contributed by atoms with van der Waals surface area (Å²) in [6.07, 6.45) is 1.52. The normalized spacial score (nSPS) is 10.4. The number of carboxylic acid groups (broad SMARTS) is 1. The number of carboxylic acids is 1. The van der Waals surface area contributed by atoms with Gasteiger partial charge in [-0.15, -0.1) is 0 Å². The van der Waals surface area contributed by atoms with E-state index < -0.39 is 5.97 Å². The summed E-state index contributed by atoms with van der Waals surface area (Å²) in [5.41, 5.74) is 1.95. The SMILES string of the molecule is CN(C)c1ccc2nccc(C(=O)O)c2c1. The van der Waals surface area contributed by atoms with Gasteiger partial charge in [-0.2, -0.15) is 0 Å². The van der Waals surface area contributed by atoms with Crippen LogP contribution in [0.15, 0.2) is 30.5 Å². The first kappa shape index (κ1) is 10.4. The lowest BCUT2D eigenvalue weighted by molar-refractivity contribution is 0.0699. The zero-order chi connectivity index (χ0) is 11.7. The highest BCUT2D eigenvalue weighted by atomic mass is 16.4. The van der Waals surface area contributed by atoms with Gasteiger partial charge in [-0.1, -0.05) is 0 Å². The summed E-state index contributed by atoms with van der Waals surface area (Å²) in [6.45, 7) is 0. The maximum Gasteiger partial charge on any atom is 0.336 e. The summed E-state index contributed by atoms with van der Waals surface area (Å²) in [7, 11) is 3.83. The molecule has 16 heavy (non-hydrogen) atoms. The van der Waals surface area contributed by atoms with E-state index in [1.54, 1.807) is 0 Å². The molecule has 82 valence electrons. The number of nitrogens with zero attached hydrogens (tertiary/aromatic N) is 2. The van der Waals surface area contributed by atoms with Gasteiger partial charge in [0.15, 0.2) is 0 Å². The van der Waals surface area contributed by atoms with Crippen LogP contribution in [0, 0.1) is 0 Å². The van der Waals surface area contributed by atoms with E-state index >= 15 is 0 Å². The molecule has 4 heteroatoms. The van der Waals surface area contributed by atoms with Crippen molar-refractivity contribution >= 4 is 22.6 Å². The van der Waals surface area contributed by atoms with E-state index in [0.29, 0.717) is 10.9 Å². The molecule has 1 aromatic carbocycles. The summed E-state index contributed by atoms with van der Waals surface area (Å²) in [4.78, 5) is 17.1. The van der Waals surface area contributed by atoms with E-state index in [4.69, 9.17) is 5.11 Å². The molecule has 2 rings (SSSR count). The van der Waals surface area contributed by atoms with Gasteiger partial charge in [0, 0.05) is 31.4 Å². The Morgan fingerprint density at radius 3 is 2.69 bits per heavy atom. The van der Waals surface area contributed by atoms with Crippen molar-refractivity contribution in [2.45, 2.75) is 0 Å². The van der Waals surface area contributed by atoms with E-state index in [1.165, 1.54) is 12.3 Å². The topological polar surface area (TPSA) is 53.4 Å². The van der Waals surface area contributed by atoms with Crippen molar-refractivity contribution in [2.24, 2.45) is 0 Å². The molecule has 0 aliphatic carbocycles. The molecule has 0 saturated heterocycles. The minimum atomic E-state index is -0.927.